The summed E-state index contributed by atoms with van der Waals surface area (Å²) in [6.07, 6.45) is 11.5. The van der Waals surface area contributed by atoms with Crippen molar-refractivity contribution in [3.8, 4) is 0 Å². The van der Waals surface area contributed by atoms with Gasteiger partial charge >= 0.3 is 5.97 Å². The van der Waals surface area contributed by atoms with E-state index in [1.165, 1.54) is 32.1 Å². The van der Waals surface area contributed by atoms with Gasteiger partial charge in [0.2, 0.25) is 0 Å². The summed E-state index contributed by atoms with van der Waals surface area (Å²) >= 11 is 0. The van der Waals surface area contributed by atoms with Gasteiger partial charge in [0.25, 0.3) is 0 Å². The first-order valence-corrected chi connectivity index (χ1v) is 8.60. The zero-order valence-corrected chi connectivity index (χ0v) is 13.6. The lowest BCUT2D eigenvalue weighted by Crippen LogP contribution is -2.17. The molecule has 0 saturated carbocycles. The molecular formula is C17H34O4. The van der Waals surface area contributed by atoms with Crippen LogP contribution in [0, 0.1) is 5.92 Å². The number of unbranched alkanes of at least 4 members (excludes halogenated alkanes) is 6. The molecule has 0 aromatic rings. The van der Waals surface area contributed by atoms with E-state index in [1.54, 1.807) is 0 Å². The minimum Gasteiger partial charge on any atom is -0.481 e. The SMILES string of the molecule is CCCCC(CCCCCCCCC(=O)O)CC(O)CO. The van der Waals surface area contributed by atoms with Gasteiger partial charge < -0.3 is 15.3 Å². The van der Waals surface area contributed by atoms with Crippen molar-refractivity contribution in [3.05, 3.63) is 0 Å². The highest BCUT2D eigenvalue weighted by atomic mass is 16.4. The molecule has 0 heterocycles. The first-order chi connectivity index (χ1) is 10.1. The predicted molar refractivity (Wildman–Crippen MR) is 85.3 cm³/mol. The Bertz CT molecular complexity index is 243. The number of carbonyl (C=O) groups is 1. The molecule has 0 rings (SSSR count). The molecule has 2 atom stereocenters. The second kappa shape index (κ2) is 14.3. The summed E-state index contributed by atoms with van der Waals surface area (Å²) in [6, 6.07) is 0. The fraction of sp³-hybridized carbons (Fsp3) is 0.941. The van der Waals surface area contributed by atoms with Crippen LogP contribution in [-0.2, 0) is 4.79 Å². The number of carboxylic acid groups (broad SMARTS) is 1. The molecule has 126 valence electrons. The van der Waals surface area contributed by atoms with Crippen molar-refractivity contribution in [1.29, 1.82) is 0 Å². The van der Waals surface area contributed by atoms with Crippen LogP contribution in [-0.4, -0.2) is 34.0 Å². The van der Waals surface area contributed by atoms with E-state index in [-0.39, 0.29) is 13.0 Å². The third kappa shape index (κ3) is 14.1. The van der Waals surface area contributed by atoms with Gasteiger partial charge in [-0.25, -0.2) is 0 Å². The van der Waals surface area contributed by atoms with Crippen LogP contribution in [0.15, 0.2) is 0 Å². The monoisotopic (exact) mass is 302 g/mol. The van der Waals surface area contributed by atoms with Gasteiger partial charge in [0, 0.05) is 6.42 Å². The van der Waals surface area contributed by atoms with Gasteiger partial charge in [-0.05, 0) is 18.8 Å². The molecule has 4 heteroatoms. The Balaban J connectivity index is 3.60. The normalized spacial score (nSPS) is 14.0. The maximum Gasteiger partial charge on any atom is 0.303 e. The van der Waals surface area contributed by atoms with E-state index in [0.717, 1.165) is 38.5 Å². The Hall–Kier alpha value is -0.610. The molecule has 0 aromatic heterocycles. The fourth-order valence-electron chi connectivity index (χ4n) is 2.75. The number of aliphatic hydroxyl groups excluding tert-OH is 2. The van der Waals surface area contributed by atoms with Gasteiger partial charge in [0.15, 0.2) is 0 Å². The summed E-state index contributed by atoms with van der Waals surface area (Å²) in [5, 5.41) is 27.1. The molecule has 0 fully saturated rings. The van der Waals surface area contributed by atoms with Gasteiger partial charge in [0.1, 0.15) is 0 Å². The van der Waals surface area contributed by atoms with Crippen LogP contribution in [0.5, 0.6) is 0 Å². The Morgan fingerprint density at radius 1 is 0.952 bits per heavy atom. The largest absolute Gasteiger partial charge is 0.481 e. The highest BCUT2D eigenvalue weighted by Gasteiger charge is 2.13. The molecule has 0 saturated heterocycles. The molecule has 0 bridgehead atoms. The number of rotatable bonds is 15. The quantitative estimate of drug-likeness (QED) is 0.403. The Morgan fingerprint density at radius 2 is 1.52 bits per heavy atom. The van der Waals surface area contributed by atoms with E-state index < -0.39 is 12.1 Å². The average molecular weight is 302 g/mol. The summed E-state index contributed by atoms with van der Waals surface area (Å²) in [5.74, 6) is -0.171. The molecule has 3 N–H and O–H groups in total. The Labute approximate surface area is 129 Å². The minimum atomic E-state index is -0.698. The molecule has 4 nitrogen and oxygen atoms in total. The maximum absolute atomic E-state index is 10.4. The van der Waals surface area contributed by atoms with Crippen molar-refractivity contribution < 1.29 is 20.1 Å². The van der Waals surface area contributed by atoms with Crippen molar-refractivity contribution in [3.63, 3.8) is 0 Å². The molecule has 0 aliphatic carbocycles. The van der Waals surface area contributed by atoms with Gasteiger partial charge in [-0.1, -0.05) is 64.7 Å². The first kappa shape index (κ1) is 20.4. The van der Waals surface area contributed by atoms with Crippen molar-refractivity contribution >= 4 is 5.97 Å². The fourth-order valence-corrected chi connectivity index (χ4v) is 2.75. The van der Waals surface area contributed by atoms with Crippen LogP contribution in [0.1, 0.15) is 84.0 Å². The van der Waals surface area contributed by atoms with Crippen LogP contribution in [0.4, 0.5) is 0 Å². The number of hydrogen-bond acceptors (Lipinski definition) is 3. The second-order valence-corrected chi connectivity index (χ2v) is 6.13. The van der Waals surface area contributed by atoms with E-state index >= 15 is 0 Å². The van der Waals surface area contributed by atoms with Gasteiger partial charge in [0.05, 0.1) is 12.7 Å². The van der Waals surface area contributed by atoms with Crippen LogP contribution >= 0.6 is 0 Å². The summed E-state index contributed by atoms with van der Waals surface area (Å²) in [4.78, 5) is 10.4. The number of aliphatic hydroxyl groups is 2. The average Bonchev–Trinajstić information content (AvgIpc) is 2.46. The van der Waals surface area contributed by atoms with Gasteiger partial charge in [-0.15, -0.1) is 0 Å². The molecular weight excluding hydrogens is 268 g/mol. The second-order valence-electron chi connectivity index (χ2n) is 6.13. The minimum absolute atomic E-state index is 0.133. The van der Waals surface area contributed by atoms with E-state index in [0.29, 0.717) is 5.92 Å². The van der Waals surface area contributed by atoms with E-state index in [9.17, 15) is 9.90 Å². The summed E-state index contributed by atoms with van der Waals surface area (Å²) in [5.41, 5.74) is 0. The summed E-state index contributed by atoms with van der Waals surface area (Å²) in [6.45, 7) is 2.04. The lowest BCUT2D eigenvalue weighted by atomic mass is 9.90. The molecule has 21 heavy (non-hydrogen) atoms. The maximum atomic E-state index is 10.4. The predicted octanol–water partition coefficient (Wildman–Crippen LogP) is 3.74. The number of carboxylic acids is 1. The van der Waals surface area contributed by atoms with Crippen LogP contribution < -0.4 is 0 Å². The lowest BCUT2D eigenvalue weighted by molar-refractivity contribution is -0.137. The van der Waals surface area contributed by atoms with E-state index in [4.69, 9.17) is 10.2 Å². The molecule has 2 unspecified atom stereocenters. The number of aliphatic carboxylic acids is 1. The Morgan fingerprint density at radius 3 is 2.10 bits per heavy atom. The molecule has 0 spiro atoms. The highest BCUT2D eigenvalue weighted by Crippen LogP contribution is 2.22. The van der Waals surface area contributed by atoms with Gasteiger partial charge in [-0.2, -0.15) is 0 Å². The van der Waals surface area contributed by atoms with Crippen LogP contribution in [0.2, 0.25) is 0 Å². The summed E-state index contributed by atoms with van der Waals surface area (Å²) in [7, 11) is 0. The Kier molecular flexibility index (Phi) is 13.9. The summed E-state index contributed by atoms with van der Waals surface area (Å²) < 4.78 is 0. The van der Waals surface area contributed by atoms with Crippen molar-refractivity contribution in [2.45, 2.75) is 90.1 Å². The molecule has 0 amide bonds. The standard InChI is InChI=1S/C17H34O4/c1-2-3-10-15(13-16(19)14-18)11-8-6-4-5-7-9-12-17(20)21/h15-16,18-19H,2-14H2,1H3,(H,20,21). The van der Waals surface area contributed by atoms with Crippen molar-refractivity contribution in [2.75, 3.05) is 6.61 Å². The smallest absolute Gasteiger partial charge is 0.303 e. The van der Waals surface area contributed by atoms with Crippen molar-refractivity contribution in [1.82, 2.24) is 0 Å². The number of hydrogen-bond donors (Lipinski definition) is 3. The zero-order valence-electron chi connectivity index (χ0n) is 13.6. The highest BCUT2D eigenvalue weighted by molar-refractivity contribution is 5.66. The molecule has 0 aliphatic heterocycles. The van der Waals surface area contributed by atoms with E-state index in [1.807, 2.05) is 0 Å². The molecule has 0 aliphatic rings. The first-order valence-electron chi connectivity index (χ1n) is 8.60. The van der Waals surface area contributed by atoms with Crippen LogP contribution in [0.3, 0.4) is 0 Å². The topological polar surface area (TPSA) is 77.8 Å². The van der Waals surface area contributed by atoms with E-state index in [2.05, 4.69) is 6.92 Å². The van der Waals surface area contributed by atoms with Crippen molar-refractivity contribution in [2.24, 2.45) is 5.92 Å². The third-order valence-corrected chi connectivity index (χ3v) is 4.04. The zero-order chi connectivity index (χ0) is 15.9. The molecule has 0 radical (unpaired) electrons. The third-order valence-electron chi connectivity index (χ3n) is 4.04. The molecule has 0 aromatic carbocycles. The lowest BCUT2D eigenvalue weighted by Gasteiger charge is -2.19. The van der Waals surface area contributed by atoms with Gasteiger partial charge in [-0.3, -0.25) is 4.79 Å². The van der Waals surface area contributed by atoms with Crippen LogP contribution in [0.25, 0.3) is 0 Å².